The van der Waals surface area contributed by atoms with Crippen LogP contribution in [0.5, 0.6) is 11.5 Å². The molecule has 3 saturated heterocycles. The Hall–Kier alpha value is -6.16. The maximum Gasteiger partial charge on any atom is 0.245 e. The third kappa shape index (κ3) is 11.2. The van der Waals surface area contributed by atoms with Crippen LogP contribution in [0.4, 0.5) is 8.78 Å². The highest BCUT2D eigenvalue weighted by atomic mass is 35.5. The number of ether oxygens (including phenoxy) is 1. The highest BCUT2D eigenvalue weighted by Crippen LogP contribution is 2.34. The third-order valence-corrected chi connectivity index (χ3v) is 13.5. The van der Waals surface area contributed by atoms with Crippen LogP contribution in [0.15, 0.2) is 97.2 Å². The van der Waals surface area contributed by atoms with Crippen molar-refractivity contribution in [3.63, 3.8) is 0 Å². The largest absolute Gasteiger partial charge is 0.457 e. The van der Waals surface area contributed by atoms with Gasteiger partial charge in [-0.05, 0) is 106 Å². The molecule has 8 rings (SSSR count). The molecule has 0 saturated carbocycles. The van der Waals surface area contributed by atoms with Crippen molar-refractivity contribution in [2.45, 2.75) is 82.6 Å². The summed E-state index contributed by atoms with van der Waals surface area (Å²) in [5, 5.41) is 16.8. The Balaban J connectivity index is 1.10. The number of carbonyl (C=O) groups is 4. The summed E-state index contributed by atoms with van der Waals surface area (Å²) in [5.41, 5.74) is 2.17. The minimum atomic E-state index is -1.44. The van der Waals surface area contributed by atoms with Gasteiger partial charge in [0, 0.05) is 49.3 Å². The zero-order valence-electron chi connectivity index (χ0n) is 37.7. The molecule has 4 atom stereocenters. The van der Waals surface area contributed by atoms with Gasteiger partial charge in [0.05, 0.1) is 48.6 Å². The van der Waals surface area contributed by atoms with Crippen molar-refractivity contribution in [2.24, 2.45) is 13.0 Å². The van der Waals surface area contributed by atoms with E-state index in [0.29, 0.717) is 36.9 Å². The number of hydrogen-bond donors (Lipinski definition) is 3. The van der Waals surface area contributed by atoms with Gasteiger partial charge in [-0.1, -0.05) is 54.1 Å². The summed E-state index contributed by atoms with van der Waals surface area (Å²) in [4.78, 5) is 67.8. The van der Waals surface area contributed by atoms with Gasteiger partial charge in [-0.25, -0.2) is 13.8 Å². The molecule has 4 aromatic carbocycles. The minimum absolute atomic E-state index is 0.0935. The van der Waals surface area contributed by atoms with Gasteiger partial charge in [0.2, 0.25) is 23.6 Å². The summed E-state index contributed by atoms with van der Waals surface area (Å²) >= 11 is 6.20. The molecule has 5 aromatic rings. The number of likely N-dealkylation sites (tertiary alicyclic amines) is 1. The van der Waals surface area contributed by atoms with E-state index in [4.69, 9.17) is 16.3 Å². The van der Waals surface area contributed by atoms with Crippen LogP contribution in [0, 0.1) is 17.6 Å². The van der Waals surface area contributed by atoms with Crippen LogP contribution < -0.4 is 15.4 Å². The van der Waals surface area contributed by atoms with E-state index in [-0.39, 0.29) is 42.4 Å². The Labute approximate surface area is 394 Å². The standard InChI is InChI=1S/C51H56ClF2N7O6/c1-33-48(64)56-43(31-62)49(65)57-51(27-35-11-15-38(52)16-12-35)19-8-22-60(32-51)50(66)37(23-34-9-4-3-5-10-34)24-47(63)61(33)29-41-42(54)25-39(53)26-45(41)67-40-17-13-36(14-18-40)44-28-55-46(58(44)2)30-59-20-6-7-21-59/h3-5,9-18,25-26,28,33,37,43,62H,6-8,19-24,27,29-32H2,1-2H3,(H,56,64)(H,57,65)/t33-,37+,43-,51+/m0/s1. The molecule has 0 spiro atoms. The smallest absolute Gasteiger partial charge is 0.245 e. The molecule has 0 aliphatic carbocycles. The number of aliphatic hydroxyl groups is 1. The molecule has 3 fully saturated rings. The maximum absolute atomic E-state index is 16.2. The summed E-state index contributed by atoms with van der Waals surface area (Å²) in [6, 6.07) is 22.3. The molecule has 67 heavy (non-hydrogen) atoms. The molecule has 3 aliphatic heterocycles. The summed E-state index contributed by atoms with van der Waals surface area (Å²) in [5.74, 6) is -4.40. The second-order valence-electron chi connectivity index (χ2n) is 18.1. The average molecular weight is 937 g/mol. The Morgan fingerprint density at radius 3 is 2.33 bits per heavy atom. The van der Waals surface area contributed by atoms with E-state index in [9.17, 15) is 24.3 Å². The Kier molecular flexibility index (Phi) is 14.7. The monoisotopic (exact) mass is 935 g/mol. The van der Waals surface area contributed by atoms with E-state index in [2.05, 4.69) is 20.5 Å². The fourth-order valence-corrected chi connectivity index (χ4v) is 9.70. The molecule has 13 nitrogen and oxygen atoms in total. The second-order valence-corrected chi connectivity index (χ2v) is 18.5. The molecule has 4 amide bonds. The number of nitrogens with one attached hydrogen (secondary N) is 2. The van der Waals surface area contributed by atoms with Crippen molar-refractivity contribution < 1.29 is 37.8 Å². The number of fused-ring (bicyclic) bond motifs is 2. The predicted molar refractivity (Wildman–Crippen MR) is 249 cm³/mol. The third-order valence-electron chi connectivity index (χ3n) is 13.3. The number of imidazole rings is 1. The van der Waals surface area contributed by atoms with Gasteiger partial charge in [-0.2, -0.15) is 0 Å². The first-order valence-electron chi connectivity index (χ1n) is 22.9. The SMILES string of the molecule is C[C@H]1C(=O)N[C@@H](CO)C(=O)N[C@@]2(Cc3ccc(Cl)cc3)CCCN(C2)C(=O)[C@H](Cc2ccccc2)CC(=O)N1Cc1c(F)cc(F)cc1Oc1ccc(-c2cnc(CN3CCCC3)n2C)cc1. The lowest BCUT2D eigenvalue weighted by Crippen LogP contribution is -2.65. The van der Waals surface area contributed by atoms with Gasteiger partial charge >= 0.3 is 0 Å². The van der Waals surface area contributed by atoms with E-state index in [1.807, 2.05) is 72.4 Å². The van der Waals surface area contributed by atoms with Crippen LogP contribution in [-0.2, 0) is 52.2 Å². The average Bonchev–Trinajstić information content (AvgIpc) is 3.97. The van der Waals surface area contributed by atoms with Crippen molar-refractivity contribution in [2.75, 3.05) is 32.8 Å². The number of hydrogen-bond acceptors (Lipinski definition) is 8. The Bertz CT molecular complexity index is 2570. The predicted octanol–water partition coefficient (Wildman–Crippen LogP) is 6.58. The molecular formula is C51H56ClF2N7O6. The minimum Gasteiger partial charge on any atom is -0.457 e. The van der Waals surface area contributed by atoms with Crippen molar-refractivity contribution in [1.82, 2.24) is 34.9 Å². The molecule has 2 bridgehead atoms. The number of halogens is 3. The zero-order chi connectivity index (χ0) is 47.2. The molecule has 0 unspecified atom stereocenters. The van der Waals surface area contributed by atoms with E-state index < -0.39 is 66.0 Å². The van der Waals surface area contributed by atoms with Crippen molar-refractivity contribution in [1.29, 1.82) is 0 Å². The number of aromatic nitrogens is 2. The van der Waals surface area contributed by atoms with Crippen LogP contribution >= 0.6 is 11.6 Å². The summed E-state index contributed by atoms with van der Waals surface area (Å²) in [6.45, 7) is 3.35. The van der Waals surface area contributed by atoms with Crippen LogP contribution in [0.25, 0.3) is 11.3 Å². The molecular weight excluding hydrogens is 880 g/mol. The Morgan fingerprint density at radius 1 is 0.881 bits per heavy atom. The first kappa shape index (κ1) is 47.3. The molecule has 1 aromatic heterocycles. The van der Waals surface area contributed by atoms with E-state index >= 15 is 8.78 Å². The second kappa shape index (κ2) is 20.8. The van der Waals surface area contributed by atoms with Gasteiger partial charge in [-0.3, -0.25) is 24.1 Å². The molecule has 0 radical (unpaired) electrons. The van der Waals surface area contributed by atoms with Gasteiger partial charge in [0.25, 0.3) is 0 Å². The van der Waals surface area contributed by atoms with Crippen LogP contribution in [-0.4, -0.2) is 103 Å². The lowest BCUT2D eigenvalue weighted by Gasteiger charge is -2.45. The highest BCUT2D eigenvalue weighted by Gasteiger charge is 2.43. The van der Waals surface area contributed by atoms with Gasteiger partial charge in [0.1, 0.15) is 41.0 Å². The zero-order valence-corrected chi connectivity index (χ0v) is 38.5. The van der Waals surface area contributed by atoms with Crippen LogP contribution in [0.2, 0.25) is 5.02 Å². The quantitative estimate of drug-likeness (QED) is 0.127. The van der Waals surface area contributed by atoms with E-state index in [0.717, 1.165) is 58.8 Å². The maximum atomic E-state index is 16.2. The molecule has 3 aliphatic rings. The molecule has 4 heterocycles. The fourth-order valence-electron chi connectivity index (χ4n) is 9.57. The van der Waals surface area contributed by atoms with Crippen molar-refractivity contribution >= 4 is 35.2 Å². The number of aliphatic hydroxyl groups excluding tert-OH is 1. The normalized spacial score (nSPS) is 22.1. The number of piperidine rings is 1. The van der Waals surface area contributed by atoms with Gasteiger partial charge in [0.15, 0.2) is 0 Å². The number of nitrogens with zero attached hydrogens (tertiary/aromatic N) is 5. The first-order valence-corrected chi connectivity index (χ1v) is 23.2. The highest BCUT2D eigenvalue weighted by molar-refractivity contribution is 6.30. The Morgan fingerprint density at radius 2 is 1.61 bits per heavy atom. The lowest BCUT2D eigenvalue weighted by atomic mass is 9.81. The summed E-state index contributed by atoms with van der Waals surface area (Å²) in [7, 11) is 1.96. The molecule has 352 valence electrons. The van der Waals surface area contributed by atoms with Crippen LogP contribution in [0.3, 0.4) is 0 Å². The lowest BCUT2D eigenvalue weighted by molar-refractivity contribution is -0.147. The summed E-state index contributed by atoms with van der Waals surface area (Å²) in [6.07, 6.45) is 5.30. The number of carbonyl (C=O) groups excluding carboxylic acids is 4. The fraction of sp³-hybridized carbons (Fsp3) is 0.392. The van der Waals surface area contributed by atoms with Crippen molar-refractivity contribution in [3.05, 3.63) is 136 Å². The first-order chi connectivity index (χ1) is 32.3. The van der Waals surface area contributed by atoms with E-state index in [1.165, 1.54) is 19.8 Å². The van der Waals surface area contributed by atoms with Gasteiger partial charge in [-0.15, -0.1) is 0 Å². The summed E-state index contributed by atoms with van der Waals surface area (Å²) < 4.78 is 39.4. The topological polar surface area (TPSA) is 149 Å². The molecule has 3 N–H and O–H groups in total. The number of amides is 4. The number of benzene rings is 4. The number of rotatable bonds is 12. The molecule has 16 heteroatoms. The van der Waals surface area contributed by atoms with Crippen molar-refractivity contribution in [3.8, 4) is 22.8 Å². The van der Waals surface area contributed by atoms with E-state index in [1.54, 1.807) is 29.2 Å². The van der Waals surface area contributed by atoms with Crippen LogP contribution in [0.1, 0.15) is 61.5 Å². The van der Waals surface area contributed by atoms with Gasteiger partial charge < -0.3 is 34.8 Å².